The quantitative estimate of drug-likeness (QED) is 0.744. The number of nitrogens with one attached hydrogen (secondary N) is 1. The number of fused-ring (bicyclic) bond motifs is 1. The van der Waals surface area contributed by atoms with Gasteiger partial charge in [0.2, 0.25) is 0 Å². The monoisotopic (exact) mass is 374 g/mol. The summed E-state index contributed by atoms with van der Waals surface area (Å²) in [4.78, 5) is 23.9. The summed E-state index contributed by atoms with van der Waals surface area (Å²) in [5, 5.41) is 2.88. The van der Waals surface area contributed by atoms with Crippen molar-refractivity contribution < 1.29 is 9.53 Å². The number of para-hydroxylation sites is 1. The number of rotatable bonds is 4. The molecule has 2 heterocycles. The second-order valence-electron chi connectivity index (χ2n) is 6.73. The number of hydrogen-bond acceptors (Lipinski definition) is 5. The maximum absolute atomic E-state index is 12.8. The Labute approximate surface area is 164 Å². The molecule has 1 N–H and O–H groups in total. The van der Waals surface area contributed by atoms with Gasteiger partial charge in [0.1, 0.15) is 23.1 Å². The molecule has 1 aromatic heterocycles. The molecule has 0 spiro atoms. The molecule has 0 fully saturated rings. The third-order valence-corrected chi connectivity index (χ3v) is 4.77. The van der Waals surface area contributed by atoms with Crippen LogP contribution in [0, 0.1) is 6.92 Å². The maximum Gasteiger partial charge on any atom is 0.274 e. The van der Waals surface area contributed by atoms with Crippen molar-refractivity contribution >= 4 is 23.1 Å². The molecule has 0 saturated carbocycles. The number of aryl methyl sites for hydroxylation is 2. The van der Waals surface area contributed by atoms with Crippen molar-refractivity contribution in [2.75, 3.05) is 23.9 Å². The summed E-state index contributed by atoms with van der Waals surface area (Å²) in [5.74, 6) is 1.72. The largest absolute Gasteiger partial charge is 0.497 e. The standard InChI is InChI=1S/C22H22N4O2/c1-15-23-19(22(27)25-17-9-5-10-18(13-17)28-2)14-21(24-15)26-12-6-8-16-7-3-4-11-20(16)26/h3-5,7,9-11,13-14H,6,8,12H2,1-2H3,(H,25,27). The van der Waals surface area contributed by atoms with E-state index in [1.165, 1.54) is 5.56 Å². The van der Waals surface area contributed by atoms with E-state index in [1.54, 1.807) is 19.2 Å². The SMILES string of the molecule is COc1cccc(NC(=O)c2cc(N3CCCc4ccccc43)nc(C)n2)c1. The van der Waals surface area contributed by atoms with E-state index in [4.69, 9.17) is 4.74 Å². The summed E-state index contributed by atoms with van der Waals surface area (Å²) in [5.41, 5.74) is 3.44. The van der Waals surface area contributed by atoms with Gasteiger partial charge in [0.05, 0.1) is 7.11 Å². The average molecular weight is 374 g/mol. The third kappa shape index (κ3) is 3.67. The molecule has 0 aliphatic carbocycles. The Morgan fingerprint density at radius 3 is 2.82 bits per heavy atom. The van der Waals surface area contributed by atoms with Crippen LogP contribution in [0.3, 0.4) is 0 Å². The molecule has 0 saturated heterocycles. The first-order valence-electron chi connectivity index (χ1n) is 9.30. The highest BCUT2D eigenvalue weighted by Crippen LogP contribution is 2.32. The Morgan fingerprint density at radius 1 is 1.11 bits per heavy atom. The fourth-order valence-electron chi connectivity index (χ4n) is 3.47. The summed E-state index contributed by atoms with van der Waals surface area (Å²) in [6.45, 7) is 2.67. The van der Waals surface area contributed by atoms with Gasteiger partial charge in [0.25, 0.3) is 5.91 Å². The van der Waals surface area contributed by atoms with Gasteiger partial charge in [-0.3, -0.25) is 4.79 Å². The van der Waals surface area contributed by atoms with Crippen LogP contribution in [0.1, 0.15) is 28.3 Å². The molecule has 0 unspecified atom stereocenters. The lowest BCUT2D eigenvalue weighted by molar-refractivity contribution is 0.102. The first-order chi connectivity index (χ1) is 13.6. The summed E-state index contributed by atoms with van der Waals surface area (Å²) < 4.78 is 5.21. The van der Waals surface area contributed by atoms with Crippen LogP contribution in [0.4, 0.5) is 17.2 Å². The molecule has 4 rings (SSSR count). The molecular formula is C22H22N4O2. The zero-order valence-electron chi connectivity index (χ0n) is 16.0. The Balaban J connectivity index is 1.63. The number of hydrogen-bond donors (Lipinski definition) is 1. The molecule has 0 radical (unpaired) electrons. The number of aromatic nitrogens is 2. The van der Waals surface area contributed by atoms with Crippen molar-refractivity contribution in [1.29, 1.82) is 0 Å². The van der Waals surface area contributed by atoms with Crippen LogP contribution in [0.15, 0.2) is 54.6 Å². The van der Waals surface area contributed by atoms with Crippen molar-refractivity contribution in [3.8, 4) is 5.75 Å². The predicted molar refractivity (Wildman–Crippen MR) is 109 cm³/mol. The van der Waals surface area contributed by atoms with Gasteiger partial charge in [-0.25, -0.2) is 9.97 Å². The number of benzene rings is 2. The second kappa shape index (κ2) is 7.68. The van der Waals surface area contributed by atoms with Crippen molar-refractivity contribution in [3.63, 3.8) is 0 Å². The van der Waals surface area contributed by atoms with Crippen LogP contribution in [0.25, 0.3) is 0 Å². The molecule has 6 heteroatoms. The minimum absolute atomic E-state index is 0.273. The van der Waals surface area contributed by atoms with Crippen LogP contribution < -0.4 is 15.0 Å². The molecular weight excluding hydrogens is 352 g/mol. The van der Waals surface area contributed by atoms with Crippen LogP contribution in [0.2, 0.25) is 0 Å². The van der Waals surface area contributed by atoms with E-state index in [2.05, 4.69) is 38.4 Å². The number of amides is 1. The summed E-state index contributed by atoms with van der Waals surface area (Å²) in [6, 6.07) is 17.3. The van der Waals surface area contributed by atoms with E-state index in [0.717, 1.165) is 30.9 Å². The molecule has 3 aromatic rings. The maximum atomic E-state index is 12.8. The molecule has 6 nitrogen and oxygen atoms in total. The van der Waals surface area contributed by atoms with Gasteiger partial charge in [-0.15, -0.1) is 0 Å². The summed E-state index contributed by atoms with van der Waals surface area (Å²) in [6.07, 6.45) is 2.10. The van der Waals surface area contributed by atoms with Crippen molar-refractivity contribution in [2.24, 2.45) is 0 Å². The minimum Gasteiger partial charge on any atom is -0.497 e. The zero-order valence-corrected chi connectivity index (χ0v) is 16.0. The van der Waals surface area contributed by atoms with E-state index < -0.39 is 0 Å². The van der Waals surface area contributed by atoms with E-state index in [9.17, 15) is 4.79 Å². The van der Waals surface area contributed by atoms with Crippen LogP contribution in [0.5, 0.6) is 5.75 Å². The molecule has 1 amide bonds. The summed E-state index contributed by atoms with van der Waals surface area (Å²) >= 11 is 0. The van der Waals surface area contributed by atoms with Gasteiger partial charge in [0, 0.05) is 30.1 Å². The van der Waals surface area contributed by atoms with Gasteiger partial charge < -0.3 is 15.0 Å². The van der Waals surface area contributed by atoms with Crippen LogP contribution >= 0.6 is 0 Å². The highest BCUT2D eigenvalue weighted by molar-refractivity contribution is 6.03. The minimum atomic E-state index is -0.273. The van der Waals surface area contributed by atoms with E-state index >= 15 is 0 Å². The van der Waals surface area contributed by atoms with E-state index in [0.29, 0.717) is 23.0 Å². The second-order valence-corrected chi connectivity index (χ2v) is 6.73. The van der Waals surface area contributed by atoms with Gasteiger partial charge >= 0.3 is 0 Å². The number of anilines is 3. The third-order valence-electron chi connectivity index (χ3n) is 4.77. The molecule has 142 valence electrons. The number of carbonyl (C=O) groups is 1. The molecule has 1 aliphatic rings. The van der Waals surface area contributed by atoms with Gasteiger partial charge in [0.15, 0.2) is 0 Å². The fraction of sp³-hybridized carbons (Fsp3) is 0.227. The average Bonchev–Trinajstić information content (AvgIpc) is 2.73. The molecule has 2 aromatic carbocycles. The lowest BCUT2D eigenvalue weighted by Crippen LogP contribution is -2.26. The normalized spacial score (nSPS) is 13.0. The first kappa shape index (κ1) is 18.0. The lowest BCUT2D eigenvalue weighted by Gasteiger charge is -2.30. The van der Waals surface area contributed by atoms with Crippen LogP contribution in [-0.4, -0.2) is 29.5 Å². The number of ether oxygens (including phenoxy) is 1. The van der Waals surface area contributed by atoms with Gasteiger partial charge in [-0.05, 0) is 43.5 Å². The predicted octanol–water partition coefficient (Wildman–Crippen LogP) is 4.13. The van der Waals surface area contributed by atoms with E-state index in [1.807, 2.05) is 31.2 Å². The molecule has 28 heavy (non-hydrogen) atoms. The van der Waals surface area contributed by atoms with Crippen molar-refractivity contribution in [2.45, 2.75) is 19.8 Å². The highest BCUT2D eigenvalue weighted by Gasteiger charge is 2.21. The number of nitrogens with zero attached hydrogens (tertiary/aromatic N) is 3. The highest BCUT2D eigenvalue weighted by atomic mass is 16.5. The molecule has 0 atom stereocenters. The summed E-state index contributed by atoms with van der Waals surface area (Å²) in [7, 11) is 1.59. The Bertz CT molecular complexity index is 1020. The molecule has 1 aliphatic heterocycles. The van der Waals surface area contributed by atoms with Crippen LogP contribution in [-0.2, 0) is 6.42 Å². The van der Waals surface area contributed by atoms with Gasteiger partial charge in [-0.2, -0.15) is 0 Å². The van der Waals surface area contributed by atoms with Crippen molar-refractivity contribution in [3.05, 3.63) is 71.7 Å². The Morgan fingerprint density at radius 2 is 1.96 bits per heavy atom. The van der Waals surface area contributed by atoms with Gasteiger partial charge in [-0.1, -0.05) is 24.3 Å². The van der Waals surface area contributed by atoms with Crippen molar-refractivity contribution in [1.82, 2.24) is 9.97 Å². The lowest BCUT2D eigenvalue weighted by atomic mass is 10.0. The fourth-order valence-corrected chi connectivity index (χ4v) is 3.47. The number of methoxy groups -OCH3 is 1. The Hall–Kier alpha value is -3.41. The molecule has 0 bridgehead atoms. The first-order valence-corrected chi connectivity index (χ1v) is 9.30. The topological polar surface area (TPSA) is 67.3 Å². The van der Waals surface area contributed by atoms with E-state index in [-0.39, 0.29) is 5.91 Å². The number of carbonyl (C=O) groups excluding carboxylic acids is 1. The Kier molecular flexibility index (Phi) is 4.93. The zero-order chi connectivity index (χ0) is 19.5. The smallest absolute Gasteiger partial charge is 0.274 e.